The Kier molecular flexibility index (Phi) is 6.34. The van der Waals surface area contributed by atoms with Crippen molar-refractivity contribution in [2.75, 3.05) is 12.8 Å². The minimum Gasteiger partial charge on any atom is -0.481 e. The van der Waals surface area contributed by atoms with Crippen LogP contribution in [0.15, 0.2) is 36.4 Å². The molecule has 3 rings (SSSR count). The Bertz CT molecular complexity index is 1090. The molecule has 1 heterocycles. The van der Waals surface area contributed by atoms with Crippen molar-refractivity contribution in [3.8, 4) is 23.3 Å². The lowest BCUT2D eigenvalue weighted by atomic mass is 10.2. The maximum absolute atomic E-state index is 14.4. The Balaban J connectivity index is 1.79. The molecule has 0 unspecified atom stereocenters. The van der Waals surface area contributed by atoms with E-state index in [0.29, 0.717) is 6.07 Å². The molecule has 6 nitrogen and oxygen atoms in total. The molecule has 12 heteroatoms. The fraction of sp³-hybridized carbons (Fsp3) is 0.158. The topological polar surface area (TPSA) is 79.5 Å². The lowest BCUT2D eigenvalue weighted by Gasteiger charge is -2.13. The molecule has 0 spiro atoms. The summed E-state index contributed by atoms with van der Waals surface area (Å²) in [7, 11) is 1.35. The minimum atomic E-state index is -4.76. The van der Waals surface area contributed by atoms with Gasteiger partial charge in [-0.3, -0.25) is 0 Å². The first kappa shape index (κ1) is 22.3. The smallest absolute Gasteiger partial charge is 0.417 e. The second-order valence-corrected chi connectivity index (χ2v) is 6.43. The Morgan fingerprint density at radius 2 is 1.65 bits per heavy atom. The number of hydrogen-bond donors (Lipinski definition) is 1. The van der Waals surface area contributed by atoms with Gasteiger partial charge in [0.2, 0.25) is 17.7 Å². The summed E-state index contributed by atoms with van der Waals surface area (Å²) < 4.78 is 82.8. The predicted molar refractivity (Wildman–Crippen MR) is 100 cm³/mol. The van der Waals surface area contributed by atoms with Crippen LogP contribution in [0.2, 0.25) is 5.02 Å². The number of rotatable bonds is 6. The maximum Gasteiger partial charge on any atom is 0.417 e. The van der Waals surface area contributed by atoms with Gasteiger partial charge in [0.25, 0.3) is 0 Å². The Hall–Kier alpha value is -3.34. The number of nitrogens with two attached hydrogens (primary N) is 1. The van der Waals surface area contributed by atoms with Gasteiger partial charge in [0.05, 0.1) is 23.8 Å². The summed E-state index contributed by atoms with van der Waals surface area (Å²) in [6.07, 6.45) is -4.76. The van der Waals surface area contributed by atoms with E-state index in [1.54, 1.807) is 0 Å². The highest BCUT2D eigenvalue weighted by Gasteiger charge is 2.33. The third-order valence-electron chi connectivity index (χ3n) is 3.81. The molecule has 0 saturated carbocycles. The highest BCUT2D eigenvalue weighted by molar-refractivity contribution is 6.31. The molecule has 1 aromatic heterocycles. The van der Waals surface area contributed by atoms with Crippen molar-refractivity contribution in [1.29, 1.82) is 0 Å². The average molecular weight is 462 g/mol. The van der Waals surface area contributed by atoms with Gasteiger partial charge in [-0.15, -0.1) is 0 Å². The van der Waals surface area contributed by atoms with Crippen LogP contribution in [0.3, 0.4) is 0 Å². The first-order chi connectivity index (χ1) is 14.6. The quantitative estimate of drug-likeness (QED) is 0.496. The van der Waals surface area contributed by atoms with Crippen molar-refractivity contribution in [3.63, 3.8) is 0 Å². The van der Waals surface area contributed by atoms with Crippen LogP contribution in [-0.4, -0.2) is 17.1 Å². The van der Waals surface area contributed by atoms with Gasteiger partial charge in [-0.05, 0) is 35.9 Å². The van der Waals surface area contributed by atoms with E-state index in [1.165, 1.54) is 13.2 Å². The van der Waals surface area contributed by atoms with Crippen LogP contribution >= 0.6 is 11.6 Å². The third kappa shape index (κ3) is 5.43. The number of alkyl halides is 3. The van der Waals surface area contributed by atoms with E-state index >= 15 is 0 Å². The van der Waals surface area contributed by atoms with Gasteiger partial charge in [0, 0.05) is 0 Å². The number of benzene rings is 2. The lowest BCUT2D eigenvalue weighted by molar-refractivity contribution is -0.137. The van der Waals surface area contributed by atoms with Crippen LogP contribution in [0, 0.1) is 11.6 Å². The molecule has 0 aliphatic carbocycles. The molecule has 2 aromatic carbocycles. The second kappa shape index (κ2) is 8.80. The van der Waals surface area contributed by atoms with Crippen LogP contribution in [0.4, 0.5) is 27.9 Å². The van der Waals surface area contributed by atoms with Gasteiger partial charge in [-0.25, -0.2) is 8.78 Å². The molecule has 0 atom stereocenters. The number of nitrogen functional groups attached to an aromatic ring is 1. The zero-order valence-corrected chi connectivity index (χ0v) is 16.4. The fourth-order valence-corrected chi connectivity index (χ4v) is 2.68. The van der Waals surface area contributed by atoms with Crippen molar-refractivity contribution in [3.05, 3.63) is 64.2 Å². The van der Waals surface area contributed by atoms with Gasteiger partial charge < -0.3 is 19.9 Å². The summed E-state index contributed by atoms with van der Waals surface area (Å²) in [6.45, 7) is -0.299. The van der Waals surface area contributed by atoms with Gasteiger partial charge in [0.15, 0.2) is 17.4 Å². The van der Waals surface area contributed by atoms with Crippen molar-refractivity contribution in [1.82, 2.24) is 9.97 Å². The molecule has 0 bridgehead atoms. The highest BCUT2D eigenvalue weighted by Crippen LogP contribution is 2.38. The number of halogens is 6. The summed E-state index contributed by atoms with van der Waals surface area (Å²) in [5, 5.41) is -0.574. The van der Waals surface area contributed by atoms with E-state index in [-0.39, 0.29) is 29.9 Å². The van der Waals surface area contributed by atoms with Crippen LogP contribution in [0.5, 0.6) is 23.3 Å². The number of anilines is 1. The number of methoxy groups -OCH3 is 1. The normalized spacial score (nSPS) is 11.3. The molecule has 0 aliphatic rings. The van der Waals surface area contributed by atoms with Crippen LogP contribution in [0.25, 0.3) is 0 Å². The van der Waals surface area contributed by atoms with E-state index in [9.17, 15) is 22.0 Å². The monoisotopic (exact) mass is 461 g/mol. The average Bonchev–Trinajstić information content (AvgIpc) is 2.69. The van der Waals surface area contributed by atoms with Gasteiger partial charge in [-0.2, -0.15) is 23.1 Å². The molecule has 0 radical (unpaired) electrons. The van der Waals surface area contributed by atoms with Gasteiger partial charge in [0.1, 0.15) is 12.4 Å². The van der Waals surface area contributed by atoms with Crippen molar-refractivity contribution in [2.45, 2.75) is 12.8 Å². The zero-order valence-electron chi connectivity index (χ0n) is 15.6. The molecule has 2 N–H and O–H groups in total. The molecule has 0 amide bonds. The standard InChI is InChI=1S/C19H13ClF5N3O3/c1-29-15-7-16(28-18(26)27-15)30-8-9-4-13(21)17(14(22)5-9)31-10-2-3-12(20)11(6-10)19(23,24)25/h2-7H,8H2,1H3,(H2,26,27,28). The fourth-order valence-electron chi connectivity index (χ4n) is 2.45. The zero-order chi connectivity index (χ0) is 22.8. The van der Waals surface area contributed by atoms with E-state index in [0.717, 1.165) is 24.3 Å². The van der Waals surface area contributed by atoms with Crippen molar-refractivity contribution >= 4 is 17.5 Å². The van der Waals surface area contributed by atoms with Crippen LogP contribution in [0.1, 0.15) is 11.1 Å². The molecule has 0 fully saturated rings. The van der Waals surface area contributed by atoms with E-state index in [2.05, 4.69) is 9.97 Å². The Morgan fingerprint density at radius 3 is 2.26 bits per heavy atom. The van der Waals surface area contributed by atoms with Crippen molar-refractivity contribution in [2.24, 2.45) is 0 Å². The van der Waals surface area contributed by atoms with Gasteiger partial charge in [-0.1, -0.05) is 11.6 Å². The van der Waals surface area contributed by atoms with Gasteiger partial charge >= 0.3 is 6.18 Å². The Labute approximate surface area is 177 Å². The Morgan fingerprint density at radius 1 is 1.00 bits per heavy atom. The third-order valence-corrected chi connectivity index (χ3v) is 4.14. The highest BCUT2D eigenvalue weighted by atomic mass is 35.5. The number of ether oxygens (including phenoxy) is 3. The van der Waals surface area contributed by atoms with Crippen LogP contribution in [-0.2, 0) is 12.8 Å². The summed E-state index contributed by atoms with van der Waals surface area (Å²) in [5.74, 6) is -3.62. The van der Waals surface area contributed by atoms with E-state index in [4.69, 9.17) is 31.5 Å². The largest absolute Gasteiger partial charge is 0.481 e. The first-order valence-electron chi connectivity index (χ1n) is 8.40. The summed E-state index contributed by atoms with van der Waals surface area (Å²) >= 11 is 5.52. The minimum absolute atomic E-state index is 0.00587. The molecule has 3 aromatic rings. The second-order valence-electron chi connectivity index (χ2n) is 6.03. The molecule has 31 heavy (non-hydrogen) atoms. The lowest BCUT2D eigenvalue weighted by Crippen LogP contribution is -2.06. The summed E-state index contributed by atoms with van der Waals surface area (Å²) in [6, 6.07) is 5.64. The molecule has 164 valence electrons. The maximum atomic E-state index is 14.4. The van der Waals surface area contributed by atoms with E-state index in [1.807, 2.05) is 0 Å². The molecule has 0 saturated heterocycles. The molecule has 0 aliphatic heterocycles. The number of hydrogen-bond acceptors (Lipinski definition) is 6. The first-order valence-corrected chi connectivity index (χ1v) is 8.78. The predicted octanol–water partition coefficient (Wildman–Crippen LogP) is 5.39. The molecular formula is C19H13ClF5N3O3. The SMILES string of the molecule is COc1cc(OCc2cc(F)c(Oc3ccc(Cl)c(C(F)(F)F)c3)c(F)c2)nc(N)n1. The molecular weight excluding hydrogens is 449 g/mol. The summed E-state index contributed by atoms with van der Waals surface area (Å²) in [4.78, 5) is 7.56. The number of nitrogens with zero attached hydrogens (tertiary/aromatic N) is 2. The van der Waals surface area contributed by atoms with Crippen LogP contribution < -0.4 is 19.9 Å². The van der Waals surface area contributed by atoms with Crippen molar-refractivity contribution < 1.29 is 36.2 Å². The summed E-state index contributed by atoms with van der Waals surface area (Å²) in [5.41, 5.74) is 4.36. The van der Waals surface area contributed by atoms with E-state index < -0.39 is 39.9 Å². The number of aromatic nitrogens is 2.